The summed E-state index contributed by atoms with van der Waals surface area (Å²) in [6, 6.07) is -0.102. The van der Waals surface area contributed by atoms with Crippen LogP contribution in [0.4, 0.5) is 0 Å². The van der Waals surface area contributed by atoms with Crippen molar-refractivity contribution >= 4 is 27.3 Å². The summed E-state index contributed by atoms with van der Waals surface area (Å²) in [7, 11) is -2.29. The molecule has 9 heteroatoms. The second-order valence-electron chi connectivity index (χ2n) is 4.30. The number of aromatic nitrogens is 1. The highest BCUT2D eigenvalue weighted by molar-refractivity contribution is 7.91. The number of aromatic carboxylic acids is 1. The predicted octanol–water partition coefficient (Wildman–Crippen LogP) is 0.214. The van der Waals surface area contributed by atoms with Crippen molar-refractivity contribution in [2.75, 3.05) is 20.1 Å². The molecule has 2 rings (SSSR count). The molecule has 0 aliphatic carbocycles. The van der Waals surface area contributed by atoms with E-state index in [1.165, 1.54) is 16.9 Å². The zero-order valence-corrected chi connectivity index (χ0v) is 12.0. The Morgan fingerprint density at radius 1 is 1.53 bits per heavy atom. The zero-order chi connectivity index (χ0) is 14.0. The Balaban J connectivity index is 2.30. The van der Waals surface area contributed by atoms with Crippen LogP contribution < -0.4 is 5.32 Å². The number of carbonyl (C=O) groups is 1. The number of nitrogens with one attached hydrogen (secondary N) is 1. The Morgan fingerprint density at radius 3 is 2.74 bits per heavy atom. The van der Waals surface area contributed by atoms with E-state index in [1.807, 2.05) is 0 Å². The Kier molecular flexibility index (Phi) is 4.19. The third-order valence-electron chi connectivity index (χ3n) is 3.17. The molecule has 0 amide bonds. The van der Waals surface area contributed by atoms with Gasteiger partial charge in [0.2, 0.25) is 0 Å². The molecule has 1 aromatic heterocycles. The first-order valence-corrected chi connectivity index (χ1v) is 8.12. The second-order valence-corrected chi connectivity index (χ2v) is 7.34. The molecular weight excluding hydrogens is 290 g/mol. The van der Waals surface area contributed by atoms with Gasteiger partial charge in [-0.1, -0.05) is 0 Å². The van der Waals surface area contributed by atoms with Gasteiger partial charge in [-0.05, 0) is 25.9 Å². The van der Waals surface area contributed by atoms with E-state index in [-0.39, 0.29) is 10.3 Å². The maximum atomic E-state index is 12.4. The maximum absolute atomic E-state index is 12.4. The topological polar surface area (TPSA) is 99.6 Å². The highest BCUT2D eigenvalue weighted by Crippen LogP contribution is 2.26. The first-order valence-electron chi connectivity index (χ1n) is 5.80. The molecule has 2 N–H and O–H groups in total. The molecule has 1 fully saturated rings. The number of thiazole rings is 1. The lowest BCUT2D eigenvalue weighted by molar-refractivity contribution is 0.0687. The number of sulfonamides is 1. The average molecular weight is 305 g/mol. The predicted molar refractivity (Wildman–Crippen MR) is 69.9 cm³/mol. The molecule has 1 saturated heterocycles. The van der Waals surface area contributed by atoms with Crippen LogP contribution in [0.5, 0.6) is 0 Å². The van der Waals surface area contributed by atoms with Gasteiger partial charge >= 0.3 is 5.97 Å². The summed E-state index contributed by atoms with van der Waals surface area (Å²) >= 11 is 0.840. The minimum atomic E-state index is -3.79. The van der Waals surface area contributed by atoms with Crippen molar-refractivity contribution in [3.05, 3.63) is 11.2 Å². The van der Waals surface area contributed by atoms with E-state index in [0.29, 0.717) is 0 Å². The Morgan fingerprint density at radius 2 is 2.16 bits per heavy atom. The molecule has 0 spiro atoms. The van der Waals surface area contributed by atoms with Crippen molar-refractivity contribution in [1.29, 1.82) is 0 Å². The summed E-state index contributed by atoms with van der Waals surface area (Å²) < 4.78 is 25.9. The van der Waals surface area contributed by atoms with Gasteiger partial charge in [0.25, 0.3) is 10.0 Å². The number of piperidine rings is 1. The molecule has 106 valence electrons. The van der Waals surface area contributed by atoms with Crippen LogP contribution in [0.2, 0.25) is 0 Å². The summed E-state index contributed by atoms with van der Waals surface area (Å²) in [5.74, 6) is -1.32. The number of carboxylic acids is 1. The molecule has 0 radical (unpaired) electrons. The van der Waals surface area contributed by atoms with Gasteiger partial charge in [-0.25, -0.2) is 18.2 Å². The SMILES string of the molecule is CN(C1CCNCC1)S(=O)(=O)c1scnc1C(=O)O. The van der Waals surface area contributed by atoms with Gasteiger partial charge in [0.15, 0.2) is 9.90 Å². The van der Waals surface area contributed by atoms with E-state index in [9.17, 15) is 13.2 Å². The van der Waals surface area contributed by atoms with E-state index >= 15 is 0 Å². The van der Waals surface area contributed by atoms with E-state index < -0.39 is 21.7 Å². The van der Waals surface area contributed by atoms with Gasteiger partial charge in [0.05, 0.1) is 5.51 Å². The Labute approximate surface area is 115 Å². The molecule has 1 aromatic rings. The van der Waals surface area contributed by atoms with E-state index in [1.54, 1.807) is 0 Å². The third-order valence-corrected chi connectivity index (χ3v) is 6.43. The van der Waals surface area contributed by atoms with Gasteiger partial charge in [-0.3, -0.25) is 0 Å². The number of carboxylic acid groups (broad SMARTS) is 1. The van der Waals surface area contributed by atoms with Crippen LogP contribution in [0.1, 0.15) is 23.3 Å². The molecule has 0 unspecified atom stereocenters. The van der Waals surface area contributed by atoms with Crippen molar-refractivity contribution in [3.63, 3.8) is 0 Å². The first kappa shape index (κ1) is 14.4. The third kappa shape index (κ3) is 2.78. The van der Waals surface area contributed by atoms with Gasteiger partial charge in [-0.15, -0.1) is 11.3 Å². The highest BCUT2D eigenvalue weighted by Gasteiger charge is 2.33. The van der Waals surface area contributed by atoms with E-state index in [4.69, 9.17) is 5.11 Å². The van der Waals surface area contributed by atoms with Crippen LogP contribution in [0.15, 0.2) is 9.72 Å². The van der Waals surface area contributed by atoms with E-state index in [2.05, 4.69) is 10.3 Å². The zero-order valence-electron chi connectivity index (χ0n) is 10.4. The second kappa shape index (κ2) is 5.53. The fourth-order valence-corrected chi connectivity index (χ4v) is 4.78. The first-order chi connectivity index (χ1) is 8.94. The summed E-state index contributed by atoms with van der Waals surface area (Å²) in [5.41, 5.74) is 0.845. The number of nitrogens with zero attached hydrogens (tertiary/aromatic N) is 2. The molecule has 2 heterocycles. The van der Waals surface area contributed by atoms with Crippen LogP contribution in [0, 0.1) is 0 Å². The highest BCUT2D eigenvalue weighted by atomic mass is 32.2. The molecule has 7 nitrogen and oxygen atoms in total. The van der Waals surface area contributed by atoms with Crippen molar-refractivity contribution in [3.8, 4) is 0 Å². The summed E-state index contributed by atoms with van der Waals surface area (Å²) in [5, 5.41) is 12.1. The maximum Gasteiger partial charge on any atom is 0.356 e. The quantitative estimate of drug-likeness (QED) is 0.825. The smallest absolute Gasteiger partial charge is 0.356 e. The number of rotatable bonds is 4. The summed E-state index contributed by atoms with van der Waals surface area (Å²) in [4.78, 5) is 14.6. The molecule has 1 aliphatic rings. The minimum Gasteiger partial charge on any atom is -0.476 e. The Bertz CT molecular complexity index is 563. The van der Waals surface area contributed by atoms with E-state index in [0.717, 1.165) is 37.3 Å². The van der Waals surface area contributed by atoms with Gasteiger partial charge in [0.1, 0.15) is 0 Å². The van der Waals surface area contributed by atoms with Gasteiger partial charge in [0, 0.05) is 13.1 Å². The van der Waals surface area contributed by atoms with Crippen molar-refractivity contribution in [2.24, 2.45) is 0 Å². The monoisotopic (exact) mass is 305 g/mol. The molecule has 19 heavy (non-hydrogen) atoms. The number of hydrogen-bond donors (Lipinski definition) is 2. The lowest BCUT2D eigenvalue weighted by atomic mass is 10.1. The van der Waals surface area contributed by atoms with Gasteiger partial charge in [-0.2, -0.15) is 4.31 Å². The summed E-state index contributed by atoms with van der Waals surface area (Å²) in [6.45, 7) is 1.53. The fourth-order valence-electron chi connectivity index (χ4n) is 2.06. The van der Waals surface area contributed by atoms with Crippen molar-refractivity contribution in [1.82, 2.24) is 14.6 Å². The van der Waals surface area contributed by atoms with Crippen LogP contribution in [0.25, 0.3) is 0 Å². The van der Waals surface area contributed by atoms with Crippen LogP contribution in [-0.2, 0) is 10.0 Å². The van der Waals surface area contributed by atoms with Gasteiger partial charge < -0.3 is 10.4 Å². The average Bonchev–Trinajstić information content (AvgIpc) is 2.89. The standard InChI is InChI=1S/C10H15N3O4S2/c1-13(7-2-4-11-5-3-7)19(16,17)10-8(9(14)15)12-6-18-10/h6-7,11H,2-5H2,1H3,(H,14,15). The van der Waals surface area contributed by atoms with Crippen molar-refractivity contribution < 1.29 is 18.3 Å². The lowest BCUT2D eigenvalue weighted by Crippen LogP contribution is -2.43. The molecule has 0 saturated carbocycles. The number of hydrogen-bond acceptors (Lipinski definition) is 6. The molecule has 0 bridgehead atoms. The molecule has 0 atom stereocenters. The van der Waals surface area contributed by atoms with Crippen LogP contribution in [-0.4, -0.2) is 55.0 Å². The minimum absolute atomic E-state index is 0.102. The lowest BCUT2D eigenvalue weighted by Gasteiger charge is -2.30. The van der Waals surface area contributed by atoms with Crippen LogP contribution >= 0.6 is 11.3 Å². The Hall–Kier alpha value is -1.03. The summed E-state index contributed by atoms with van der Waals surface area (Å²) in [6.07, 6.45) is 1.44. The molecule has 0 aromatic carbocycles. The fraction of sp³-hybridized carbons (Fsp3) is 0.600. The molecular formula is C10H15N3O4S2. The van der Waals surface area contributed by atoms with Crippen molar-refractivity contribution in [2.45, 2.75) is 23.1 Å². The largest absolute Gasteiger partial charge is 0.476 e. The molecule has 1 aliphatic heterocycles. The van der Waals surface area contributed by atoms with Crippen LogP contribution in [0.3, 0.4) is 0 Å². The normalized spacial score (nSPS) is 17.8.